The number of carbonyl (C=O) groups is 1. The summed E-state index contributed by atoms with van der Waals surface area (Å²) in [6.07, 6.45) is 7.18. The van der Waals surface area contributed by atoms with Crippen molar-refractivity contribution < 1.29 is 14.3 Å². The number of amides is 1. The number of nitriles is 1. The third kappa shape index (κ3) is 7.54. The predicted octanol–water partition coefficient (Wildman–Crippen LogP) is 4.26. The molecular formula is C27H35ClN6O3. The van der Waals surface area contributed by atoms with E-state index >= 15 is 0 Å². The molecule has 0 unspecified atom stereocenters. The van der Waals surface area contributed by atoms with E-state index in [9.17, 15) is 10.1 Å². The van der Waals surface area contributed by atoms with Gasteiger partial charge in [-0.15, -0.1) is 0 Å². The first-order valence-corrected chi connectivity index (χ1v) is 13.3. The molecule has 0 atom stereocenters. The maximum absolute atomic E-state index is 11.6. The molecule has 1 amide bonds. The van der Waals surface area contributed by atoms with Gasteiger partial charge in [-0.3, -0.25) is 4.79 Å². The van der Waals surface area contributed by atoms with Gasteiger partial charge in [0, 0.05) is 51.2 Å². The summed E-state index contributed by atoms with van der Waals surface area (Å²) in [5.74, 6) is 1.88. The van der Waals surface area contributed by atoms with Crippen molar-refractivity contribution in [3.05, 3.63) is 35.5 Å². The molecule has 2 aromatic heterocycles. The lowest BCUT2D eigenvalue weighted by molar-refractivity contribution is -0.124. The first-order valence-electron chi connectivity index (χ1n) is 12.9. The van der Waals surface area contributed by atoms with Crippen LogP contribution in [0, 0.1) is 22.7 Å². The van der Waals surface area contributed by atoms with E-state index in [4.69, 9.17) is 26.1 Å². The smallest absolute Gasteiger partial charge is 0.245 e. The molecule has 2 aromatic rings. The molecule has 1 aliphatic heterocycles. The van der Waals surface area contributed by atoms with Crippen LogP contribution < -0.4 is 16.0 Å². The third-order valence-electron chi connectivity index (χ3n) is 7.24. The van der Waals surface area contributed by atoms with E-state index in [0.717, 1.165) is 42.8 Å². The van der Waals surface area contributed by atoms with E-state index in [-0.39, 0.29) is 12.5 Å². The molecular weight excluding hydrogens is 492 g/mol. The summed E-state index contributed by atoms with van der Waals surface area (Å²) in [5, 5.41) is 20.1. The number of nitrogens with one attached hydrogen (secondary N) is 3. The first-order chi connectivity index (χ1) is 18.0. The number of nitrogens with zero attached hydrogens (tertiary/aromatic N) is 3. The van der Waals surface area contributed by atoms with Crippen molar-refractivity contribution in [2.45, 2.75) is 44.6 Å². The fourth-order valence-electron chi connectivity index (χ4n) is 4.91. The Morgan fingerprint density at radius 2 is 2.03 bits per heavy atom. The molecule has 198 valence electrons. The largest absolute Gasteiger partial charge is 0.381 e. The minimum absolute atomic E-state index is 0.0679. The first kappa shape index (κ1) is 27.1. The molecule has 4 rings (SSSR count). The van der Waals surface area contributed by atoms with Crippen LogP contribution in [0.1, 0.15) is 38.5 Å². The minimum atomic E-state index is -0.435. The molecule has 1 saturated carbocycles. The molecule has 10 heteroatoms. The number of anilines is 2. The second-order valence-electron chi connectivity index (χ2n) is 9.91. The normalized spacial score (nSPS) is 21.0. The number of halogens is 1. The summed E-state index contributed by atoms with van der Waals surface area (Å²) in [5.41, 5.74) is 1.11. The Bertz CT molecular complexity index is 1090. The summed E-state index contributed by atoms with van der Waals surface area (Å²) in [6.45, 7) is 2.54. The molecule has 37 heavy (non-hydrogen) atoms. The van der Waals surface area contributed by atoms with Crippen molar-refractivity contribution in [1.29, 1.82) is 5.26 Å². The lowest BCUT2D eigenvalue weighted by Gasteiger charge is -2.30. The van der Waals surface area contributed by atoms with E-state index in [2.05, 4.69) is 27.0 Å². The monoisotopic (exact) mass is 526 g/mol. The lowest BCUT2D eigenvalue weighted by Crippen LogP contribution is -2.35. The average molecular weight is 527 g/mol. The highest BCUT2D eigenvalue weighted by Gasteiger charge is 2.32. The summed E-state index contributed by atoms with van der Waals surface area (Å²) in [7, 11) is 1.52. The van der Waals surface area contributed by atoms with Crippen LogP contribution in [0.5, 0.6) is 0 Å². The van der Waals surface area contributed by atoms with Crippen molar-refractivity contribution in [3.8, 4) is 17.3 Å². The molecule has 3 N–H and O–H groups in total. The van der Waals surface area contributed by atoms with Crippen molar-refractivity contribution in [3.63, 3.8) is 0 Å². The van der Waals surface area contributed by atoms with Gasteiger partial charge in [-0.2, -0.15) is 5.26 Å². The molecule has 0 bridgehead atoms. The van der Waals surface area contributed by atoms with Gasteiger partial charge in [0.05, 0.1) is 22.2 Å². The maximum atomic E-state index is 11.6. The molecule has 3 heterocycles. The number of methoxy groups -OCH3 is 1. The van der Waals surface area contributed by atoms with Crippen LogP contribution in [0.15, 0.2) is 30.5 Å². The standard InChI is InChI=1S/C27H35ClN6O3/c1-36-16-26(35)31-14-19-5-7-20(8-6-19)33-25-13-21(22(28)15-30-25)23-3-2-4-24(34-23)32-18-27(17-29)9-11-37-12-10-27/h2-4,13,15,19-20H,5-12,14,16,18H2,1H3,(H,30,33)(H,31,35)(H,32,34). The molecule has 0 aromatic carbocycles. The second-order valence-corrected chi connectivity index (χ2v) is 10.3. The van der Waals surface area contributed by atoms with Crippen LogP contribution in [0.2, 0.25) is 5.02 Å². The Hall–Kier alpha value is -2.93. The van der Waals surface area contributed by atoms with E-state index in [1.54, 1.807) is 6.20 Å². The summed E-state index contributed by atoms with van der Waals surface area (Å²) < 4.78 is 10.3. The van der Waals surface area contributed by atoms with Crippen LogP contribution in [0.25, 0.3) is 11.3 Å². The number of carbonyl (C=O) groups excluding carboxylic acids is 1. The Morgan fingerprint density at radius 3 is 2.76 bits per heavy atom. The zero-order valence-corrected chi connectivity index (χ0v) is 22.0. The zero-order valence-electron chi connectivity index (χ0n) is 21.3. The quantitative estimate of drug-likeness (QED) is 0.420. The van der Waals surface area contributed by atoms with E-state index < -0.39 is 5.41 Å². The van der Waals surface area contributed by atoms with Gasteiger partial charge >= 0.3 is 0 Å². The average Bonchev–Trinajstić information content (AvgIpc) is 2.93. The number of rotatable bonds is 10. The number of aromatic nitrogens is 2. The highest BCUT2D eigenvalue weighted by atomic mass is 35.5. The lowest BCUT2D eigenvalue weighted by atomic mass is 9.82. The summed E-state index contributed by atoms with van der Waals surface area (Å²) >= 11 is 6.52. The van der Waals surface area contributed by atoms with Gasteiger partial charge in [-0.1, -0.05) is 17.7 Å². The van der Waals surface area contributed by atoms with Gasteiger partial charge < -0.3 is 25.4 Å². The Balaban J connectivity index is 1.35. The van der Waals surface area contributed by atoms with Crippen LogP contribution in [-0.2, 0) is 14.3 Å². The number of pyridine rings is 2. The van der Waals surface area contributed by atoms with Gasteiger partial charge in [0.15, 0.2) is 0 Å². The zero-order chi connectivity index (χ0) is 26.1. The molecule has 2 aliphatic rings. The van der Waals surface area contributed by atoms with Crippen molar-refractivity contribution in [2.75, 3.05) is 50.7 Å². The number of hydrogen-bond donors (Lipinski definition) is 3. The molecule has 1 aliphatic carbocycles. The predicted molar refractivity (Wildman–Crippen MR) is 143 cm³/mol. The SMILES string of the molecule is COCC(=O)NCC1CCC(Nc2cc(-c3cccc(NCC4(C#N)CCOCC4)n3)c(Cl)cn2)CC1. The Labute approximate surface area is 223 Å². The second kappa shape index (κ2) is 13.0. The van der Waals surface area contributed by atoms with Gasteiger partial charge in [0.2, 0.25) is 5.91 Å². The molecule has 9 nitrogen and oxygen atoms in total. The van der Waals surface area contributed by atoms with Crippen molar-refractivity contribution >= 4 is 29.1 Å². The van der Waals surface area contributed by atoms with E-state index in [0.29, 0.717) is 61.9 Å². The van der Waals surface area contributed by atoms with Gasteiger partial charge in [-0.05, 0) is 62.6 Å². The molecule has 0 spiro atoms. The van der Waals surface area contributed by atoms with Crippen molar-refractivity contribution in [1.82, 2.24) is 15.3 Å². The highest BCUT2D eigenvalue weighted by Crippen LogP contribution is 2.32. The molecule has 2 fully saturated rings. The van der Waals surface area contributed by atoms with Crippen LogP contribution in [0.3, 0.4) is 0 Å². The summed E-state index contributed by atoms with van der Waals surface area (Å²) in [4.78, 5) is 20.9. The fraction of sp³-hybridized carbons (Fsp3) is 0.556. The number of ether oxygens (including phenoxy) is 2. The van der Waals surface area contributed by atoms with E-state index in [1.807, 2.05) is 24.3 Å². The molecule has 1 saturated heterocycles. The fourth-order valence-corrected chi connectivity index (χ4v) is 5.11. The number of hydrogen-bond acceptors (Lipinski definition) is 8. The maximum Gasteiger partial charge on any atom is 0.245 e. The Kier molecular flexibility index (Phi) is 9.56. The minimum Gasteiger partial charge on any atom is -0.381 e. The van der Waals surface area contributed by atoms with E-state index in [1.165, 1.54) is 7.11 Å². The third-order valence-corrected chi connectivity index (χ3v) is 7.54. The topological polar surface area (TPSA) is 121 Å². The molecule has 0 radical (unpaired) electrons. The van der Waals surface area contributed by atoms with Gasteiger partial charge in [0.25, 0.3) is 0 Å². The van der Waals surface area contributed by atoms with Gasteiger partial charge in [-0.25, -0.2) is 9.97 Å². The highest BCUT2D eigenvalue weighted by molar-refractivity contribution is 6.33. The van der Waals surface area contributed by atoms with Crippen LogP contribution in [-0.4, -0.2) is 61.9 Å². The van der Waals surface area contributed by atoms with Gasteiger partial charge in [0.1, 0.15) is 18.2 Å². The summed E-state index contributed by atoms with van der Waals surface area (Å²) in [6, 6.07) is 10.5. The van der Waals surface area contributed by atoms with Crippen molar-refractivity contribution in [2.24, 2.45) is 11.3 Å². The Morgan fingerprint density at radius 1 is 1.24 bits per heavy atom. The van der Waals surface area contributed by atoms with Crippen LogP contribution >= 0.6 is 11.6 Å². The van der Waals surface area contributed by atoms with Crippen LogP contribution in [0.4, 0.5) is 11.6 Å².